The standard InChI is InChI=1S/C19H12Br2N4O2/c20-14-6-12(17(26)16(21)18(14)27)7-22-13-8-23-19-24-15(10-25(19)9-13)11-4-2-1-3-5-11/h1-10,26-27H. The number of phenolic OH excluding ortho intramolecular Hbond substituents is 2. The van der Waals surface area contributed by atoms with Gasteiger partial charge in [-0.05, 0) is 37.9 Å². The number of aromatic nitrogens is 3. The Morgan fingerprint density at radius 1 is 1.04 bits per heavy atom. The van der Waals surface area contributed by atoms with Crippen molar-refractivity contribution in [1.82, 2.24) is 14.4 Å². The molecule has 0 saturated heterocycles. The first-order valence-corrected chi connectivity index (χ1v) is 9.45. The van der Waals surface area contributed by atoms with E-state index in [-0.39, 0.29) is 16.0 Å². The van der Waals surface area contributed by atoms with Gasteiger partial charge in [-0.15, -0.1) is 0 Å². The second-order valence-electron chi connectivity index (χ2n) is 5.73. The Bertz CT molecular complexity index is 1170. The number of nitrogens with zero attached hydrogens (tertiary/aromatic N) is 4. The lowest BCUT2D eigenvalue weighted by atomic mass is 10.2. The van der Waals surface area contributed by atoms with Crippen molar-refractivity contribution in [2.75, 3.05) is 0 Å². The molecule has 0 saturated carbocycles. The van der Waals surface area contributed by atoms with Crippen LogP contribution in [0.25, 0.3) is 17.0 Å². The Hall–Kier alpha value is -2.71. The fraction of sp³-hybridized carbons (Fsp3) is 0. The lowest BCUT2D eigenvalue weighted by Crippen LogP contribution is -1.88. The largest absolute Gasteiger partial charge is 0.506 e. The summed E-state index contributed by atoms with van der Waals surface area (Å²) in [5, 5.41) is 19.9. The molecule has 134 valence electrons. The summed E-state index contributed by atoms with van der Waals surface area (Å²) in [5.74, 6) is 0.410. The zero-order valence-corrected chi connectivity index (χ0v) is 16.9. The molecule has 0 aliphatic heterocycles. The van der Waals surface area contributed by atoms with Gasteiger partial charge in [-0.25, -0.2) is 9.97 Å². The molecule has 6 nitrogen and oxygen atoms in total. The average Bonchev–Trinajstić information content (AvgIpc) is 3.12. The van der Waals surface area contributed by atoms with Gasteiger partial charge < -0.3 is 10.2 Å². The molecule has 0 atom stereocenters. The van der Waals surface area contributed by atoms with Crippen molar-refractivity contribution in [1.29, 1.82) is 0 Å². The van der Waals surface area contributed by atoms with Gasteiger partial charge in [0.15, 0.2) is 0 Å². The van der Waals surface area contributed by atoms with Gasteiger partial charge in [-0.2, -0.15) is 0 Å². The number of aromatic hydroxyl groups is 2. The monoisotopic (exact) mass is 486 g/mol. The summed E-state index contributed by atoms with van der Waals surface area (Å²) in [4.78, 5) is 13.2. The van der Waals surface area contributed by atoms with Crippen LogP contribution in [0.1, 0.15) is 5.56 Å². The quantitative estimate of drug-likeness (QED) is 0.394. The van der Waals surface area contributed by atoms with E-state index < -0.39 is 0 Å². The molecule has 0 bridgehead atoms. The lowest BCUT2D eigenvalue weighted by molar-refractivity contribution is 0.442. The first kappa shape index (κ1) is 17.7. The highest BCUT2D eigenvalue weighted by molar-refractivity contribution is 9.11. The molecule has 4 rings (SSSR count). The fourth-order valence-corrected chi connectivity index (χ4v) is 3.70. The summed E-state index contributed by atoms with van der Waals surface area (Å²) in [7, 11) is 0. The van der Waals surface area contributed by atoms with Crippen molar-refractivity contribution < 1.29 is 10.2 Å². The van der Waals surface area contributed by atoms with Crippen LogP contribution in [0.5, 0.6) is 11.5 Å². The van der Waals surface area contributed by atoms with Gasteiger partial charge in [0.1, 0.15) is 16.0 Å². The number of halogens is 2. The van der Waals surface area contributed by atoms with Gasteiger partial charge in [0.2, 0.25) is 5.78 Å². The van der Waals surface area contributed by atoms with E-state index in [4.69, 9.17) is 0 Å². The Morgan fingerprint density at radius 2 is 1.81 bits per heavy atom. The van der Waals surface area contributed by atoms with Crippen molar-refractivity contribution in [2.24, 2.45) is 4.99 Å². The second kappa shape index (κ2) is 7.13. The molecule has 0 radical (unpaired) electrons. The van der Waals surface area contributed by atoms with Gasteiger partial charge in [-0.3, -0.25) is 9.39 Å². The van der Waals surface area contributed by atoms with Crippen LogP contribution in [-0.2, 0) is 0 Å². The minimum atomic E-state index is -0.0949. The Labute approximate surface area is 171 Å². The van der Waals surface area contributed by atoms with Crippen LogP contribution in [0.2, 0.25) is 0 Å². The number of phenols is 2. The normalized spacial score (nSPS) is 11.5. The third-order valence-electron chi connectivity index (χ3n) is 3.92. The third-order valence-corrected chi connectivity index (χ3v) is 5.27. The van der Waals surface area contributed by atoms with Crippen molar-refractivity contribution in [2.45, 2.75) is 0 Å². The highest BCUT2D eigenvalue weighted by Gasteiger charge is 2.13. The van der Waals surface area contributed by atoms with E-state index in [1.807, 2.05) is 36.5 Å². The summed E-state index contributed by atoms with van der Waals surface area (Å²) in [6.07, 6.45) is 6.80. The van der Waals surface area contributed by atoms with E-state index >= 15 is 0 Å². The first-order valence-electron chi connectivity index (χ1n) is 7.87. The minimum absolute atomic E-state index is 0.0698. The number of hydrogen-bond acceptors (Lipinski definition) is 5. The molecule has 0 aliphatic carbocycles. The van der Waals surface area contributed by atoms with Gasteiger partial charge in [0.25, 0.3) is 0 Å². The van der Waals surface area contributed by atoms with Crippen LogP contribution < -0.4 is 0 Å². The SMILES string of the molecule is Oc1c(Br)cc(C=Nc2cnc3nc(-c4ccccc4)cn3c2)c(O)c1Br. The highest BCUT2D eigenvalue weighted by Crippen LogP contribution is 2.40. The minimum Gasteiger partial charge on any atom is -0.506 e. The number of aliphatic imine (C=N–C) groups is 1. The molecule has 27 heavy (non-hydrogen) atoms. The van der Waals surface area contributed by atoms with E-state index in [1.165, 1.54) is 6.21 Å². The Balaban J connectivity index is 1.68. The Kier molecular flexibility index (Phi) is 4.67. The van der Waals surface area contributed by atoms with E-state index in [2.05, 4.69) is 46.8 Å². The average molecular weight is 488 g/mol. The summed E-state index contributed by atoms with van der Waals surface area (Å²) in [5.41, 5.74) is 2.88. The van der Waals surface area contributed by atoms with Gasteiger partial charge in [0.05, 0.1) is 22.1 Å². The van der Waals surface area contributed by atoms with Crippen LogP contribution >= 0.6 is 31.9 Å². The maximum atomic E-state index is 10.1. The fourth-order valence-electron chi connectivity index (χ4n) is 2.55. The van der Waals surface area contributed by atoms with Crippen molar-refractivity contribution in [3.63, 3.8) is 0 Å². The number of benzene rings is 2. The molecule has 0 aliphatic rings. The second-order valence-corrected chi connectivity index (χ2v) is 7.38. The molecule has 0 fully saturated rings. The van der Waals surface area contributed by atoms with E-state index in [0.29, 0.717) is 21.5 Å². The molecule has 2 N–H and O–H groups in total. The zero-order chi connectivity index (χ0) is 19.0. The highest BCUT2D eigenvalue weighted by atomic mass is 79.9. The number of hydrogen-bond donors (Lipinski definition) is 2. The van der Waals surface area contributed by atoms with Crippen LogP contribution in [0.4, 0.5) is 5.69 Å². The topological polar surface area (TPSA) is 83.0 Å². The Morgan fingerprint density at radius 3 is 2.59 bits per heavy atom. The molecule has 8 heteroatoms. The van der Waals surface area contributed by atoms with Gasteiger partial charge in [-0.1, -0.05) is 30.3 Å². The molecule has 0 spiro atoms. The zero-order valence-electron chi connectivity index (χ0n) is 13.7. The van der Waals surface area contributed by atoms with Gasteiger partial charge in [0, 0.05) is 29.7 Å². The maximum absolute atomic E-state index is 10.1. The molecular weight excluding hydrogens is 476 g/mol. The summed E-state index contributed by atoms with van der Waals surface area (Å²) in [6.45, 7) is 0. The lowest BCUT2D eigenvalue weighted by Gasteiger charge is -2.06. The predicted octanol–water partition coefficient (Wildman–Crippen LogP) is 5.08. The smallest absolute Gasteiger partial charge is 0.234 e. The van der Waals surface area contributed by atoms with Crippen LogP contribution in [0.15, 0.2) is 68.9 Å². The van der Waals surface area contributed by atoms with E-state index in [9.17, 15) is 10.2 Å². The molecule has 2 aromatic heterocycles. The predicted molar refractivity (Wildman–Crippen MR) is 111 cm³/mol. The van der Waals surface area contributed by atoms with Crippen LogP contribution in [0, 0.1) is 0 Å². The van der Waals surface area contributed by atoms with Crippen molar-refractivity contribution in [3.05, 3.63) is 69.5 Å². The molecule has 0 unspecified atom stereocenters. The summed E-state index contributed by atoms with van der Waals surface area (Å²) >= 11 is 6.39. The summed E-state index contributed by atoms with van der Waals surface area (Å²) < 4.78 is 2.45. The number of fused-ring (bicyclic) bond motifs is 1. The maximum Gasteiger partial charge on any atom is 0.234 e. The molecule has 2 heterocycles. The van der Waals surface area contributed by atoms with E-state index in [1.54, 1.807) is 22.9 Å². The van der Waals surface area contributed by atoms with Crippen LogP contribution in [-0.4, -0.2) is 30.8 Å². The summed E-state index contributed by atoms with van der Waals surface area (Å²) in [6, 6.07) is 11.4. The van der Waals surface area contributed by atoms with Crippen LogP contribution in [0.3, 0.4) is 0 Å². The van der Waals surface area contributed by atoms with Crippen molar-refractivity contribution >= 4 is 49.5 Å². The molecule has 4 aromatic rings. The molecule has 2 aromatic carbocycles. The van der Waals surface area contributed by atoms with E-state index in [0.717, 1.165) is 11.3 Å². The molecular formula is C19H12Br2N4O2. The van der Waals surface area contributed by atoms with Gasteiger partial charge >= 0.3 is 0 Å². The third kappa shape index (κ3) is 3.45. The number of imidazole rings is 1. The first-order chi connectivity index (χ1) is 13.0. The molecule has 0 amide bonds. The van der Waals surface area contributed by atoms with Crippen molar-refractivity contribution in [3.8, 4) is 22.8 Å². The number of rotatable bonds is 3.